The quantitative estimate of drug-likeness (QED) is 0.731. The molecule has 0 N–H and O–H groups in total. The van der Waals surface area contributed by atoms with Crippen LogP contribution in [-0.4, -0.2) is 38.0 Å². The SMILES string of the molecule is CN(Cc1ccoc1)CC1(C=O)CCCOC1. The molecule has 1 saturated heterocycles. The van der Waals surface area contributed by atoms with Crippen molar-refractivity contribution in [1.82, 2.24) is 4.90 Å². The highest BCUT2D eigenvalue weighted by Gasteiger charge is 2.33. The largest absolute Gasteiger partial charge is 0.472 e. The van der Waals surface area contributed by atoms with Gasteiger partial charge in [-0.2, -0.15) is 0 Å². The van der Waals surface area contributed by atoms with Gasteiger partial charge >= 0.3 is 0 Å². The fourth-order valence-corrected chi connectivity index (χ4v) is 2.42. The number of hydrogen-bond acceptors (Lipinski definition) is 4. The molecule has 2 heterocycles. The van der Waals surface area contributed by atoms with Crippen molar-refractivity contribution in [3.05, 3.63) is 24.2 Å². The third-order valence-corrected chi connectivity index (χ3v) is 3.22. The summed E-state index contributed by atoms with van der Waals surface area (Å²) in [4.78, 5) is 13.4. The van der Waals surface area contributed by atoms with Crippen LogP contribution in [0.1, 0.15) is 18.4 Å². The van der Waals surface area contributed by atoms with Crippen LogP contribution in [0.3, 0.4) is 0 Å². The molecule has 4 heteroatoms. The van der Waals surface area contributed by atoms with Crippen molar-refractivity contribution >= 4 is 6.29 Å². The smallest absolute Gasteiger partial charge is 0.129 e. The summed E-state index contributed by atoms with van der Waals surface area (Å²) in [6.45, 7) is 2.86. The van der Waals surface area contributed by atoms with Gasteiger partial charge in [0.25, 0.3) is 0 Å². The second-order valence-corrected chi connectivity index (χ2v) is 4.94. The van der Waals surface area contributed by atoms with Crippen LogP contribution in [0, 0.1) is 5.41 Å². The molecular weight excluding hydrogens is 218 g/mol. The van der Waals surface area contributed by atoms with Crippen LogP contribution in [0.4, 0.5) is 0 Å². The van der Waals surface area contributed by atoms with E-state index in [1.807, 2.05) is 13.1 Å². The van der Waals surface area contributed by atoms with Gasteiger partial charge in [-0.15, -0.1) is 0 Å². The summed E-state index contributed by atoms with van der Waals surface area (Å²) >= 11 is 0. The van der Waals surface area contributed by atoms with E-state index in [2.05, 4.69) is 4.90 Å². The minimum atomic E-state index is -0.323. The van der Waals surface area contributed by atoms with Crippen LogP contribution in [0.15, 0.2) is 23.0 Å². The molecule has 0 amide bonds. The maximum Gasteiger partial charge on any atom is 0.129 e. The Hall–Kier alpha value is -1.13. The van der Waals surface area contributed by atoms with Gasteiger partial charge in [-0.3, -0.25) is 0 Å². The van der Waals surface area contributed by atoms with Crippen LogP contribution in [0.2, 0.25) is 0 Å². The Balaban J connectivity index is 1.91. The van der Waals surface area contributed by atoms with E-state index in [1.165, 1.54) is 0 Å². The molecule has 0 aromatic carbocycles. The standard InChI is InChI=1S/C13H19NO3/c1-14(7-12-3-6-16-8-12)9-13(10-15)4-2-5-17-11-13/h3,6,8,10H,2,4-5,7,9,11H2,1H3. The van der Waals surface area contributed by atoms with Crippen molar-refractivity contribution in [3.8, 4) is 0 Å². The highest BCUT2D eigenvalue weighted by atomic mass is 16.5. The molecule has 0 radical (unpaired) electrons. The normalized spacial score (nSPS) is 25.1. The van der Waals surface area contributed by atoms with Gasteiger partial charge in [-0.1, -0.05) is 0 Å². The zero-order valence-electron chi connectivity index (χ0n) is 10.2. The second kappa shape index (κ2) is 5.47. The molecule has 94 valence electrons. The summed E-state index contributed by atoms with van der Waals surface area (Å²) < 4.78 is 10.5. The molecule has 0 saturated carbocycles. The lowest BCUT2D eigenvalue weighted by molar-refractivity contribution is -0.125. The lowest BCUT2D eigenvalue weighted by atomic mass is 9.83. The first-order valence-corrected chi connectivity index (χ1v) is 5.98. The highest BCUT2D eigenvalue weighted by molar-refractivity contribution is 5.60. The average Bonchev–Trinajstić information content (AvgIpc) is 2.83. The van der Waals surface area contributed by atoms with E-state index in [9.17, 15) is 4.79 Å². The van der Waals surface area contributed by atoms with Crippen molar-refractivity contribution in [2.75, 3.05) is 26.8 Å². The summed E-state index contributed by atoms with van der Waals surface area (Å²) in [6, 6.07) is 1.95. The summed E-state index contributed by atoms with van der Waals surface area (Å²) in [7, 11) is 2.02. The minimum Gasteiger partial charge on any atom is -0.472 e. The molecule has 0 bridgehead atoms. The molecule has 1 unspecified atom stereocenters. The predicted octanol–water partition coefficient (Wildman–Crippen LogP) is 1.71. The van der Waals surface area contributed by atoms with Gasteiger partial charge in [0.15, 0.2) is 0 Å². The summed E-state index contributed by atoms with van der Waals surface area (Å²) in [5.74, 6) is 0. The number of carbonyl (C=O) groups is 1. The molecule has 1 fully saturated rings. The van der Waals surface area contributed by atoms with Crippen LogP contribution in [0.25, 0.3) is 0 Å². The van der Waals surface area contributed by atoms with Gasteiger partial charge in [0.05, 0.1) is 24.5 Å². The Morgan fingerprint density at radius 1 is 1.59 bits per heavy atom. The summed E-state index contributed by atoms with van der Waals surface area (Å²) in [5, 5.41) is 0. The van der Waals surface area contributed by atoms with Crippen molar-refractivity contribution < 1.29 is 13.9 Å². The lowest BCUT2D eigenvalue weighted by Crippen LogP contribution is -2.42. The van der Waals surface area contributed by atoms with E-state index in [4.69, 9.17) is 9.15 Å². The Morgan fingerprint density at radius 3 is 3.06 bits per heavy atom. The molecule has 1 aliphatic rings. The average molecular weight is 237 g/mol. The maximum atomic E-state index is 11.3. The topological polar surface area (TPSA) is 42.7 Å². The number of furan rings is 1. The van der Waals surface area contributed by atoms with Gasteiger partial charge in [0.1, 0.15) is 6.29 Å². The Kier molecular flexibility index (Phi) is 3.97. The van der Waals surface area contributed by atoms with Crippen LogP contribution < -0.4 is 0 Å². The molecule has 1 aromatic rings. The molecule has 0 spiro atoms. The van der Waals surface area contributed by atoms with Crippen molar-refractivity contribution in [2.45, 2.75) is 19.4 Å². The van der Waals surface area contributed by atoms with E-state index in [0.29, 0.717) is 6.61 Å². The summed E-state index contributed by atoms with van der Waals surface area (Å²) in [6.07, 6.45) is 6.37. The summed E-state index contributed by atoms with van der Waals surface area (Å²) in [5.41, 5.74) is 0.807. The molecule has 17 heavy (non-hydrogen) atoms. The Morgan fingerprint density at radius 2 is 2.47 bits per heavy atom. The van der Waals surface area contributed by atoms with Gasteiger partial charge in [-0.05, 0) is 26.0 Å². The van der Waals surface area contributed by atoms with Crippen LogP contribution in [-0.2, 0) is 16.1 Å². The molecule has 1 aromatic heterocycles. The van der Waals surface area contributed by atoms with Gasteiger partial charge < -0.3 is 18.8 Å². The van der Waals surface area contributed by atoms with E-state index < -0.39 is 0 Å². The Labute approximate surface area is 102 Å². The van der Waals surface area contributed by atoms with E-state index in [0.717, 1.165) is 44.4 Å². The van der Waals surface area contributed by atoms with Gasteiger partial charge in [-0.25, -0.2) is 0 Å². The molecule has 4 nitrogen and oxygen atoms in total. The first-order chi connectivity index (χ1) is 8.24. The molecular formula is C13H19NO3. The number of aldehydes is 1. The predicted molar refractivity (Wildman–Crippen MR) is 63.6 cm³/mol. The third-order valence-electron chi connectivity index (χ3n) is 3.22. The van der Waals surface area contributed by atoms with Crippen molar-refractivity contribution in [1.29, 1.82) is 0 Å². The number of carbonyl (C=O) groups excluding carboxylic acids is 1. The zero-order valence-corrected chi connectivity index (χ0v) is 10.2. The number of ether oxygens (including phenoxy) is 1. The van der Waals surface area contributed by atoms with Gasteiger partial charge in [0.2, 0.25) is 0 Å². The fraction of sp³-hybridized carbons (Fsp3) is 0.615. The van der Waals surface area contributed by atoms with E-state index in [-0.39, 0.29) is 5.41 Å². The molecule has 2 rings (SSSR count). The molecule has 1 aliphatic heterocycles. The molecule has 1 atom stereocenters. The Bertz CT molecular complexity index is 342. The van der Waals surface area contributed by atoms with Crippen LogP contribution in [0.5, 0.6) is 0 Å². The van der Waals surface area contributed by atoms with E-state index in [1.54, 1.807) is 12.5 Å². The molecule has 0 aliphatic carbocycles. The second-order valence-electron chi connectivity index (χ2n) is 4.94. The third kappa shape index (κ3) is 3.17. The number of rotatable bonds is 5. The maximum absolute atomic E-state index is 11.3. The minimum absolute atomic E-state index is 0.323. The monoisotopic (exact) mass is 237 g/mol. The first kappa shape index (κ1) is 12.3. The fourth-order valence-electron chi connectivity index (χ4n) is 2.42. The van der Waals surface area contributed by atoms with E-state index >= 15 is 0 Å². The van der Waals surface area contributed by atoms with Crippen molar-refractivity contribution in [3.63, 3.8) is 0 Å². The van der Waals surface area contributed by atoms with Crippen molar-refractivity contribution in [2.24, 2.45) is 5.41 Å². The number of nitrogens with zero attached hydrogens (tertiary/aromatic N) is 1. The number of hydrogen-bond donors (Lipinski definition) is 0. The highest BCUT2D eigenvalue weighted by Crippen LogP contribution is 2.27. The van der Waals surface area contributed by atoms with Gasteiger partial charge in [0, 0.05) is 25.3 Å². The van der Waals surface area contributed by atoms with Crippen LogP contribution >= 0.6 is 0 Å². The first-order valence-electron chi connectivity index (χ1n) is 5.98. The lowest BCUT2D eigenvalue weighted by Gasteiger charge is -2.35. The zero-order chi connectivity index (χ0) is 12.1.